The van der Waals surface area contributed by atoms with E-state index in [0.717, 1.165) is 5.56 Å². The topological polar surface area (TPSA) is 68.4 Å². The minimum atomic E-state index is -0.550. The van der Waals surface area contributed by atoms with Crippen molar-refractivity contribution in [2.24, 2.45) is 0 Å². The Morgan fingerprint density at radius 2 is 1.20 bits per heavy atom. The van der Waals surface area contributed by atoms with Crippen molar-refractivity contribution >= 4 is 11.9 Å². The Kier molecular flexibility index (Phi) is 3.28. The first-order valence-corrected chi connectivity index (χ1v) is 5.98. The molecule has 100 valence electrons. The van der Waals surface area contributed by atoms with Gasteiger partial charge >= 0.3 is 11.9 Å². The fourth-order valence-electron chi connectivity index (χ4n) is 1.78. The summed E-state index contributed by atoms with van der Waals surface area (Å²) in [6.07, 6.45) is -0.0915. The summed E-state index contributed by atoms with van der Waals surface area (Å²) in [5, 5.41) is 0. The highest BCUT2D eigenvalue weighted by Gasteiger charge is 2.28. The molecule has 5 heteroatoms. The molecule has 1 fully saturated rings. The van der Waals surface area contributed by atoms with Crippen LogP contribution in [0, 0.1) is 0 Å². The lowest BCUT2D eigenvalue weighted by atomic mass is 10.1. The predicted molar refractivity (Wildman–Crippen MR) is 67.5 cm³/mol. The summed E-state index contributed by atoms with van der Waals surface area (Å²) in [5.74, 6) is -1.10. The normalized spacial score (nSPS) is 16.0. The van der Waals surface area contributed by atoms with Gasteiger partial charge in [-0.1, -0.05) is 42.5 Å². The quantitative estimate of drug-likeness (QED) is 0.345. The van der Waals surface area contributed by atoms with E-state index in [1.165, 1.54) is 0 Å². The predicted octanol–water partition coefficient (Wildman–Crippen LogP) is 2.64. The van der Waals surface area contributed by atoms with E-state index in [9.17, 15) is 9.59 Å². The Labute approximate surface area is 114 Å². The standard InChI is InChI=1S/C8H4O3.C7H6O2/c9-7-5-3-1-2-4-6(5)8(10)11-7;1-2-4-6(5-3-1)7-8-9-7/h1-4H;1-5,7H. The summed E-state index contributed by atoms with van der Waals surface area (Å²) in [6, 6.07) is 16.4. The Morgan fingerprint density at radius 1 is 0.700 bits per heavy atom. The molecule has 0 bridgehead atoms. The second-order valence-corrected chi connectivity index (χ2v) is 4.16. The van der Waals surface area contributed by atoms with Gasteiger partial charge in [0.25, 0.3) is 0 Å². The number of esters is 2. The molecule has 1 saturated heterocycles. The van der Waals surface area contributed by atoms with Gasteiger partial charge < -0.3 is 4.74 Å². The van der Waals surface area contributed by atoms with Gasteiger partial charge in [-0.3, -0.25) is 0 Å². The van der Waals surface area contributed by atoms with Gasteiger partial charge in [-0.2, -0.15) is 9.78 Å². The molecule has 2 aromatic carbocycles. The van der Waals surface area contributed by atoms with Crippen LogP contribution in [0.25, 0.3) is 0 Å². The highest BCUT2D eigenvalue weighted by atomic mass is 17.4. The highest BCUT2D eigenvalue weighted by Crippen LogP contribution is 2.31. The van der Waals surface area contributed by atoms with Gasteiger partial charge in [0, 0.05) is 5.56 Å². The maximum Gasteiger partial charge on any atom is 0.346 e. The molecule has 0 saturated carbocycles. The number of hydrogen-bond donors (Lipinski definition) is 0. The summed E-state index contributed by atoms with van der Waals surface area (Å²) < 4.78 is 4.35. The summed E-state index contributed by atoms with van der Waals surface area (Å²) in [7, 11) is 0. The number of benzene rings is 2. The number of ether oxygens (including phenoxy) is 1. The number of rotatable bonds is 1. The number of fused-ring (bicyclic) bond motifs is 1. The van der Waals surface area contributed by atoms with Crippen molar-refractivity contribution in [3.05, 3.63) is 71.3 Å². The van der Waals surface area contributed by atoms with Crippen LogP contribution in [0.5, 0.6) is 0 Å². The number of carbonyl (C=O) groups is 2. The van der Waals surface area contributed by atoms with Crippen molar-refractivity contribution in [2.75, 3.05) is 0 Å². The second kappa shape index (κ2) is 5.24. The molecule has 2 aliphatic rings. The SMILES string of the molecule is O=C1OC(=O)c2ccccc21.c1ccc(C2OO2)cc1. The van der Waals surface area contributed by atoms with Gasteiger partial charge in [0.15, 0.2) is 0 Å². The number of carbonyl (C=O) groups excluding carboxylic acids is 2. The maximum atomic E-state index is 10.8. The number of hydrogen-bond acceptors (Lipinski definition) is 5. The Balaban J connectivity index is 0.000000123. The fraction of sp³-hybridized carbons (Fsp3) is 0.0667. The molecule has 0 unspecified atom stereocenters. The zero-order chi connectivity index (χ0) is 13.9. The van der Waals surface area contributed by atoms with Crippen LogP contribution < -0.4 is 0 Å². The summed E-state index contributed by atoms with van der Waals surface area (Å²) in [4.78, 5) is 30.9. The molecule has 0 aliphatic carbocycles. The first-order valence-electron chi connectivity index (χ1n) is 5.98. The molecule has 2 heterocycles. The van der Waals surface area contributed by atoms with Crippen LogP contribution in [0.2, 0.25) is 0 Å². The molecular formula is C15H10O5. The van der Waals surface area contributed by atoms with Gasteiger partial charge in [-0.05, 0) is 12.1 Å². The maximum absolute atomic E-state index is 10.8. The van der Waals surface area contributed by atoms with E-state index in [1.807, 2.05) is 30.3 Å². The molecule has 20 heavy (non-hydrogen) atoms. The minimum absolute atomic E-state index is 0.0915. The van der Waals surface area contributed by atoms with Gasteiger partial charge in [0.1, 0.15) is 0 Å². The van der Waals surface area contributed by atoms with Crippen molar-refractivity contribution in [2.45, 2.75) is 6.29 Å². The van der Waals surface area contributed by atoms with Crippen LogP contribution in [0.3, 0.4) is 0 Å². The first-order chi connectivity index (χ1) is 9.75. The molecule has 0 aromatic heterocycles. The summed E-state index contributed by atoms with van der Waals surface area (Å²) >= 11 is 0. The van der Waals surface area contributed by atoms with Gasteiger partial charge in [0.2, 0.25) is 6.29 Å². The van der Waals surface area contributed by atoms with E-state index in [2.05, 4.69) is 14.5 Å². The summed E-state index contributed by atoms with van der Waals surface area (Å²) in [5.41, 5.74) is 1.80. The third-order valence-electron chi connectivity index (χ3n) is 2.82. The molecule has 0 spiro atoms. The van der Waals surface area contributed by atoms with E-state index >= 15 is 0 Å². The third kappa shape index (κ3) is 2.59. The van der Waals surface area contributed by atoms with E-state index in [1.54, 1.807) is 24.3 Å². The third-order valence-corrected chi connectivity index (χ3v) is 2.82. The van der Waals surface area contributed by atoms with E-state index in [4.69, 9.17) is 0 Å². The average Bonchev–Trinajstić information content (AvgIpc) is 3.29. The largest absolute Gasteiger partial charge is 0.386 e. The molecule has 2 aliphatic heterocycles. The first kappa shape index (κ1) is 12.5. The monoisotopic (exact) mass is 270 g/mol. The van der Waals surface area contributed by atoms with Crippen LogP contribution in [0.4, 0.5) is 0 Å². The Bertz CT molecular complexity index is 613. The highest BCUT2D eigenvalue weighted by molar-refractivity contribution is 6.14. The molecule has 2 aromatic rings. The Morgan fingerprint density at radius 3 is 1.70 bits per heavy atom. The van der Waals surface area contributed by atoms with Crippen LogP contribution in [0.1, 0.15) is 32.6 Å². The van der Waals surface area contributed by atoms with E-state index in [0.29, 0.717) is 11.1 Å². The summed E-state index contributed by atoms with van der Waals surface area (Å²) in [6.45, 7) is 0. The van der Waals surface area contributed by atoms with Crippen LogP contribution in [0.15, 0.2) is 54.6 Å². The molecule has 4 rings (SSSR count). The fourth-order valence-corrected chi connectivity index (χ4v) is 1.78. The average molecular weight is 270 g/mol. The molecule has 0 atom stereocenters. The van der Waals surface area contributed by atoms with Gasteiger partial charge in [-0.25, -0.2) is 9.59 Å². The van der Waals surface area contributed by atoms with Crippen LogP contribution >= 0.6 is 0 Å². The van der Waals surface area contributed by atoms with Crippen LogP contribution in [-0.2, 0) is 14.5 Å². The zero-order valence-electron chi connectivity index (χ0n) is 10.3. The molecule has 0 radical (unpaired) electrons. The van der Waals surface area contributed by atoms with Gasteiger partial charge in [0.05, 0.1) is 11.1 Å². The lowest BCUT2D eigenvalue weighted by Gasteiger charge is -1.86. The minimum Gasteiger partial charge on any atom is -0.386 e. The smallest absolute Gasteiger partial charge is 0.346 e. The molecule has 5 nitrogen and oxygen atoms in total. The zero-order valence-corrected chi connectivity index (χ0v) is 10.3. The lowest BCUT2D eigenvalue weighted by molar-refractivity contribution is 0.0444. The van der Waals surface area contributed by atoms with Crippen molar-refractivity contribution in [3.63, 3.8) is 0 Å². The molecule has 0 amide bonds. The second-order valence-electron chi connectivity index (χ2n) is 4.16. The molecule has 0 N–H and O–H groups in total. The molecular weight excluding hydrogens is 260 g/mol. The lowest BCUT2D eigenvalue weighted by Crippen LogP contribution is -1.96. The van der Waals surface area contributed by atoms with Gasteiger partial charge in [-0.15, -0.1) is 0 Å². The van der Waals surface area contributed by atoms with E-state index < -0.39 is 11.9 Å². The van der Waals surface area contributed by atoms with Crippen molar-refractivity contribution in [1.82, 2.24) is 0 Å². The Hall–Kier alpha value is -2.50. The van der Waals surface area contributed by atoms with Crippen molar-refractivity contribution < 1.29 is 24.1 Å². The van der Waals surface area contributed by atoms with Crippen molar-refractivity contribution in [1.29, 1.82) is 0 Å². The van der Waals surface area contributed by atoms with E-state index in [-0.39, 0.29) is 6.29 Å². The number of cyclic esters (lactones) is 2. The van der Waals surface area contributed by atoms with Crippen LogP contribution in [-0.4, -0.2) is 11.9 Å². The van der Waals surface area contributed by atoms with Crippen molar-refractivity contribution in [3.8, 4) is 0 Å².